The lowest BCUT2D eigenvalue weighted by Gasteiger charge is -2.17. The fourth-order valence-corrected chi connectivity index (χ4v) is 8.91. The van der Waals surface area contributed by atoms with Crippen LogP contribution < -0.4 is 9.47 Å². The average Bonchev–Trinajstić information content (AvgIpc) is 3.83. The highest BCUT2D eigenvalue weighted by Gasteiger charge is 2.25. The molecule has 43 heavy (non-hydrogen) atoms. The molecule has 1 aliphatic carbocycles. The summed E-state index contributed by atoms with van der Waals surface area (Å²) in [6.45, 7) is 6.29. The molecular formula is C34H31N6S3+. The highest BCUT2D eigenvalue weighted by Crippen LogP contribution is 2.47. The molecule has 5 aromatic rings. The van der Waals surface area contributed by atoms with Gasteiger partial charge >= 0.3 is 0 Å². The summed E-state index contributed by atoms with van der Waals surface area (Å²) in [5.41, 5.74) is 6.15. The predicted octanol–water partition coefficient (Wildman–Crippen LogP) is 8.44. The molecule has 2 aliphatic rings. The molecule has 6 nitrogen and oxygen atoms in total. The number of rotatable bonds is 8. The second kappa shape index (κ2) is 12.4. The molecule has 0 saturated carbocycles. The fraction of sp³-hybridized carbons (Fsp3) is 0.176. The minimum atomic E-state index is 0.760. The molecule has 2 aromatic heterocycles. The maximum absolute atomic E-state index is 4.44. The van der Waals surface area contributed by atoms with Gasteiger partial charge in [0.2, 0.25) is 10.7 Å². The number of fused-ring (bicyclic) bond motifs is 2. The number of allylic oxidation sites excluding steroid dienone is 5. The maximum atomic E-state index is 4.44. The zero-order valence-electron chi connectivity index (χ0n) is 24.1. The van der Waals surface area contributed by atoms with E-state index in [1.165, 1.54) is 46.9 Å². The maximum Gasteiger partial charge on any atom is 0.262 e. The van der Waals surface area contributed by atoms with Crippen molar-refractivity contribution < 1.29 is 4.57 Å². The number of anilines is 1. The predicted molar refractivity (Wildman–Crippen MR) is 179 cm³/mol. The number of aromatic nitrogens is 5. The second-order valence-electron chi connectivity index (χ2n) is 10.2. The number of thioether (sulfide) groups is 2. The van der Waals surface area contributed by atoms with Crippen LogP contribution in [0.25, 0.3) is 22.0 Å². The van der Waals surface area contributed by atoms with Crippen molar-refractivity contribution in [2.24, 2.45) is 0 Å². The van der Waals surface area contributed by atoms with E-state index in [-0.39, 0.29) is 0 Å². The highest BCUT2D eigenvalue weighted by molar-refractivity contribution is 8.03. The Morgan fingerprint density at radius 3 is 2.58 bits per heavy atom. The monoisotopic (exact) mass is 619 g/mol. The van der Waals surface area contributed by atoms with Gasteiger partial charge < -0.3 is 4.90 Å². The molecule has 3 aromatic carbocycles. The Hall–Kier alpha value is -3.92. The van der Waals surface area contributed by atoms with Crippen molar-refractivity contribution in [2.75, 3.05) is 11.4 Å². The van der Waals surface area contributed by atoms with E-state index in [4.69, 9.17) is 0 Å². The lowest BCUT2D eigenvalue weighted by molar-refractivity contribution is -0.665. The van der Waals surface area contributed by atoms with Crippen molar-refractivity contribution >= 4 is 56.8 Å². The number of tetrazole rings is 1. The quantitative estimate of drug-likeness (QED) is 0.163. The summed E-state index contributed by atoms with van der Waals surface area (Å²) in [5, 5.41) is 16.1. The zero-order valence-corrected chi connectivity index (χ0v) is 26.5. The third kappa shape index (κ3) is 5.48. The minimum absolute atomic E-state index is 0.760. The lowest BCUT2D eigenvalue weighted by Crippen LogP contribution is -2.33. The Balaban J connectivity index is 1.27. The van der Waals surface area contributed by atoms with Crippen LogP contribution in [0.15, 0.2) is 128 Å². The molecule has 0 fully saturated rings. The van der Waals surface area contributed by atoms with Crippen LogP contribution in [-0.2, 0) is 6.54 Å². The summed E-state index contributed by atoms with van der Waals surface area (Å²) in [4.78, 5) is 4.93. The standard InChI is InChI=1S/C34H31N6S3/c1-3-38-27-14-8-10-16-29(27)41-31(38)22-20-24-18-19-25(21-23-32-39(4-2)28-15-9-11-17-30(28)42-32)33(24)43-34-35-36-37-40(34)26-12-6-5-7-13-26/h5-17,20-23H,3-4,18-19H2,1-2H3/q+1. The van der Waals surface area contributed by atoms with Crippen LogP contribution >= 0.6 is 34.9 Å². The molecule has 0 unspecified atom stereocenters. The second-order valence-corrected chi connectivity index (χ2v) is 13.3. The molecule has 3 heterocycles. The third-order valence-corrected chi connectivity index (χ3v) is 11.1. The third-order valence-electron chi connectivity index (χ3n) is 7.64. The minimum Gasteiger partial charge on any atom is -0.335 e. The first-order valence-electron chi connectivity index (χ1n) is 14.5. The summed E-state index contributed by atoms with van der Waals surface area (Å²) in [5.74, 6) is 0. The number of para-hydroxylation sites is 3. The van der Waals surface area contributed by atoms with Gasteiger partial charge in [-0.2, -0.15) is 9.25 Å². The van der Waals surface area contributed by atoms with Crippen LogP contribution in [0.4, 0.5) is 5.69 Å². The molecule has 0 saturated heterocycles. The molecule has 214 valence electrons. The number of aryl methyl sites for hydroxylation is 1. The van der Waals surface area contributed by atoms with Crippen molar-refractivity contribution in [3.63, 3.8) is 0 Å². The number of thiazole rings is 1. The molecule has 0 spiro atoms. The smallest absolute Gasteiger partial charge is 0.262 e. The molecule has 0 radical (unpaired) electrons. The van der Waals surface area contributed by atoms with Crippen LogP contribution in [0.5, 0.6) is 0 Å². The van der Waals surface area contributed by atoms with Gasteiger partial charge in [0.25, 0.3) is 5.01 Å². The van der Waals surface area contributed by atoms with Gasteiger partial charge in [0, 0.05) is 28.5 Å². The largest absolute Gasteiger partial charge is 0.335 e. The van der Waals surface area contributed by atoms with Crippen LogP contribution in [0.3, 0.4) is 0 Å². The van der Waals surface area contributed by atoms with Gasteiger partial charge in [-0.3, -0.25) is 0 Å². The summed E-state index contributed by atoms with van der Waals surface area (Å²) in [6.07, 6.45) is 11.1. The number of nitrogens with zero attached hydrogens (tertiary/aromatic N) is 6. The Labute approximate surface area is 264 Å². The van der Waals surface area contributed by atoms with E-state index in [0.29, 0.717) is 0 Å². The normalized spacial score (nSPS) is 16.9. The highest BCUT2D eigenvalue weighted by atomic mass is 32.2. The van der Waals surface area contributed by atoms with E-state index in [1.54, 1.807) is 11.8 Å². The van der Waals surface area contributed by atoms with Crippen LogP contribution in [-0.4, -0.2) is 26.8 Å². The molecule has 0 atom stereocenters. The summed E-state index contributed by atoms with van der Waals surface area (Å²) >= 11 is 5.34. The van der Waals surface area contributed by atoms with Crippen LogP contribution in [0.2, 0.25) is 0 Å². The Morgan fingerprint density at radius 2 is 1.72 bits per heavy atom. The Morgan fingerprint density at radius 1 is 0.907 bits per heavy atom. The van der Waals surface area contributed by atoms with Gasteiger partial charge in [0.05, 0.1) is 16.4 Å². The molecule has 0 amide bonds. The summed E-state index contributed by atoms with van der Waals surface area (Å²) in [6, 6.07) is 27.4. The molecular weight excluding hydrogens is 589 g/mol. The van der Waals surface area contributed by atoms with Crippen molar-refractivity contribution in [3.05, 3.63) is 123 Å². The SMILES string of the molecule is CCN1C(=CC=C2CCC(C=Cc3sc4ccccc4[n+]3CC)=C2Sc2nnnn2-c2ccccc2)Sc2ccccc21. The Bertz CT molecular complexity index is 1910. The fourth-order valence-electron chi connectivity index (χ4n) is 5.57. The lowest BCUT2D eigenvalue weighted by atomic mass is 10.2. The van der Waals surface area contributed by atoms with E-state index in [2.05, 4.69) is 112 Å². The van der Waals surface area contributed by atoms with Crippen molar-refractivity contribution in [3.8, 4) is 5.69 Å². The number of hydrogen-bond acceptors (Lipinski definition) is 7. The van der Waals surface area contributed by atoms with Crippen molar-refractivity contribution in [2.45, 2.75) is 43.3 Å². The molecule has 0 N–H and O–H groups in total. The van der Waals surface area contributed by atoms with Gasteiger partial charge in [-0.05, 0) is 96.4 Å². The zero-order chi connectivity index (χ0) is 29.2. The molecule has 1 aliphatic heterocycles. The van der Waals surface area contributed by atoms with E-state index in [1.807, 2.05) is 58.1 Å². The molecule has 9 heteroatoms. The van der Waals surface area contributed by atoms with Gasteiger partial charge in [0.15, 0.2) is 0 Å². The van der Waals surface area contributed by atoms with Crippen molar-refractivity contribution in [1.29, 1.82) is 0 Å². The van der Waals surface area contributed by atoms with E-state index >= 15 is 0 Å². The van der Waals surface area contributed by atoms with E-state index in [0.717, 1.165) is 36.8 Å². The summed E-state index contributed by atoms with van der Waals surface area (Å²) in [7, 11) is 0. The van der Waals surface area contributed by atoms with Gasteiger partial charge in [-0.15, -0.1) is 5.10 Å². The van der Waals surface area contributed by atoms with Crippen molar-refractivity contribution in [1.82, 2.24) is 20.2 Å². The van der Waals surface area contributed by atoms with Gasteiger partial charge in [-0.1, -0.05) is 77.7 Å². The molecule has 0 bridgehead atoms. The van der Waals surface area contributed by atoms with E-state index in [9.17, 15) is 0 Å². The number of benzene rings is 3. The van der Waals surface area contributed by atoms with Crippen LogP contribution in [0, 0.1) is 0 Å². The van der Waals surface area contributed by atoms with Gasteiger partial charge in [-0.25, -0.2) is 0 Å². The Kier molecular flexibility index (Phi) is 8.02. The topological polar surface area (TPSA) is 50.7 Å². The van der Waals surface area contributed by atoms with Crippen LogP contribution in [0.1, 0.15) is 31.7 Å². The first kappa shape index (κ1) is 27.9. The van der Waals surface area contributed by atoms with E-state index < -0.39 is 0 Å². The number of hydrogen-bond donors (Lipinski definition) is 0. The summed E-state index contributed by atoms with van der Waals surface area (Å²) < 4.78 is 5.53. The first-order valence-corrected chi connectivity index (χ1v) is 17.0. The van der Waals surface area contributed by atoms with Gasteiger partial charge in [0.1, 0.15) is 11.2 Å². The first-order chi connectivity index (χ1) is 21.2. The molecule has 7 rings (SSSR count). The average molecular weight is 620 g/mol.